The number of rotatable bonds is 3. The highest BCUT2D eigenvalue weighted by Gasteiger charge is 2.18. The maximum absolute atomic E-state index is 12.9. The zero-order valence-electron chi connectivity index (χ0n) is 12.4. The normalized spacial score (nSPS) is 16.7. The summed E-state index contributed by atoms with van der Waals surface area (Å²) >= 11 is 0. The summed E-state index contributed by atoms with van der Waals surface area (Å²) in [5, 5.41) is 0. The minimum absolute atomic E-state index is 0.880. The highest BCUT2D eigenvalue weighted by atomic mass is 32.2. The molecule has 0 radical (unpaired) electrons. The first-order valence-electron chi connectivity index (χ1n) is 7.58. The second-order valence-corrected chi connectivity index (χ2v) is 7.05. The number of piperidine rings is 1. The largest absolute Gasteiger partial charge is 0.371 e. The molecule has 1 heterocycles. The topological polar surface area (TPSA) is 20.3 Å². The summed E-state index contributed by atoms with van der Waals surface area (Å²) in [5.41, 5.74) is 2.33. The van der Waals surface area contributed by atoms with Gasteiger partial charge in [-0.3, -0.25) is 0 Å². The summed E-state index contributed by atoms with van der Waals surface area (Å²) in [6.45, 7) is 4.19. The van der Waals surface area contributed by atoms with Gasteiger partial charge in [-0.1, -0.05) is 29.8 Å². The molecule has 1 saturated heterocycles. The Balaban J connectivity index is 1.94. The second-order valence-electron chi connectivity index (χ2n) is 5.60. The summed E-state index contributed by atoms with van der Waals surface area (Å²) in [6, 6.07) is 16.1. The van der Waals surface area contributed by atoms with Gasteiger partial charge in [-0.25, -0.2) is 4.21 Å². The van der Waals surface area contributed by atoms with Crippen LogP contribution in [0.5, 0.6) is 0 Å². The fourth-order valence-corrected chi connectivity index (χ4v) is 4.03. The molecule has 1 unspecified atom stereocenters. The predicted molar refractivity (Wildman–Crippen MR) is 88.4 cm³/mol. The molecule has 2 nitrogen and oxygen atoms in total. The van der Waals surface area contributed by atoms with Gasteiger partial charge in [0, 0.05) is 18.0 Å². The van der Waals surface area contributed by atoms with Crippen molar-refractivity contribution in [3.05, 3.63) is 54.1 Å². The van der Waals surface area contributed by atoms with Gasteiger partial charge < -0.3 is 4.90 Å². The number of para-hydroxylation sites is 1. The van der Waals surface area contributed by atoms with Gasteiger partial charge in [0.1, 0.15) is 0 Å². The summed E-state index contributed by atoms with van der Waals surface area (Å²) in [7, 11) is -1.11. The van der Waals surface area contributed by atoms with Gasteiger partial charge in [0.05, 0.1) is 21.4 Å². The van der Waals surface area contributed by atoms with Crippen LogP contribution in [-0.2, 0) is 10.8 Å². The molecular weight excluding hydrogens is 278 g/mol. The summed E-state index contributed by atoms with van der Waals surface area (Å²) < 4.78 is 12.9. The number of aryl methyl sites for hydroxylation is 1. The van der Waals surface area contributed by atoms with Crippen molar-refractivity contribution >= 4 is 16.5 Å². The molecule has 0 bridgehead atoms. The molecule has 1 aliphatic rings. The lowest BCUT2D eigenvalue weighted by molar-refractivity contribution is 0.575. The third kappa shape index (κ3) is 3.18. The molecular formula is C18H21NOS. The van der Waals surface area contributed by atoms with Crippen LogP contribution in [0.2, 0.25) is 0 Å². The van der Waals surface area contributed by atoms with Crippen LogP contribution in [-0.4, -0.2) is 17.3 Å². The van der Waals surface area contributed by atoms with Crippen molar-refractivity contribution in [1.82, 2.24) is 0 Å². The van der Waals surface area contributed by atoms with E-state index in [-0.39, 0.29) is 0 Å². The second kappa shape index (κ2) is 6.44. The quantitative estimate of drug-likeness (QED) is 0.848. The van der Waals surface area contributed by atoms with E-state index in [1.165, 1.54) is 24.8 Å². The Kier molecular flexibility index (Phi) is 4.39. The van der Waals surface area contributed by atoms with E-state index in [4.69, 9.17) is 0 Å². The van der Waals surface area contributed by atoms with E-state index < -0.39 is 10.8 Å². The molecule has 0 spiro atoms. The first kappa shape index (κ1) is 14.3. The van der Waals surface area contributed by atoms with E-state index in [1.807, 2.05) is 49.4 Å². The fourth-order valence-electron chi connectivity index (χ4n) is 2.80. The van der Waals surface area contributed by atoms with Crippen LogP contribution in [0.25, 0.3) is 0 Å². The number of anilines is 1. The highest BCUT2D eigenvalue weighted by molar-refractivity contribution is 7.85. The molecule has 3 heteroatoms. The lowest BCUT2D eigenvalue weighted by atomic mass is 10.1. The highest BCUT2D eigenvalue weighted by Crippen LogP contribution is 2.29. The average Bonchev–Trinajstić information content (AvgIpc) is 2.56. The van der Waals surface area contributed by atoms with Crippen LogP contribution in [0.1, 0.15) is 24.8 Å². The van der Waals surface area contributed by atoms with Crippen LogP contribution < -0.4 is 4.90 Å². The Hall–Kier alpha value is -1.61. The van der Waals surface area contributed by atoms with Crippen molar-refractivity contribution in [2.45, 2.75) is 36.0 Å². The minimum Gasteiger partial charge on any atom is -0.371 e. The summed E-state index contributed by atoms with van der Waals surface area (Å²) in [6.07, 6.45) is 3.76. The SMILES string of the molecule is Cc1ccc(S(=O)c2ccccc2N2CCCCC2)cc1. The van der Waals surface area contributed by atoms with E-state index in [0.29, 0.717) is 0 Å². The minimum atomic E-state index is -1.11. The Labute approximate surface area is 129 Å². The number of hydrogen-bond acceptors (Lipinski definition) is 2. The monoisotopic (exact) mass is 299 g/mol. The van der Waals surface area contributed by atoms with Crippen LogP contribution in [0.4, 0.5) is 5.69 Å². The molecule has 0 aliphatic carbocycles. The number of hydrogen-bond donors (Lipinski definition) is 0. The van der Waals surface area contributed by atoms with E-state index in [0.717, 1.165) is 28.6 Å². The molecule has 0 aromatic heterocycles. The first-order valence-corrected chi connectivity index (χ1v) is 8.73. The smallest absolute Gasteiger partial charge is 0.0870 e. The Morgan fingerprint density at radius 2 is 1.57 bits per heavy atom. The zero-order chi connectivity index (χ0) is 14.7. The molecule has 1 atom stereocenters. The predicted octanol–water partition coefficient (Wildman–Crippen LogP) is 4.15. The zero-order valence-corrected chi connectivity index (χ0v) is 13.2. The third-order valence-corrected chi connectivity index (χ3v) is 5.44. The van der Waals surface area contributed by atoms with Crippen LogP contribution >= 0.6 is 0 Å². The summed E-state index contributed by atoms with van der Waals surface area (Å²) in [5.74, 6) is 0. The maximum Gasteiger partial charge on any atom is 0.0870 e. The lowest BCUT2D eigenvalue weighted by Gasteiger charge is -2.30. The van der Waals surface area contributed by atoms with E-state index in [9.17, 15) is 4.21 Å². The number of nitrogens with zero attached hydrogens (tertiary/aromatic N) is 1. The molecule has 21 heavy (non-hydrogen) atoms. The molecule has 3 rings (SSSR count). The van der Waals surface area contributed by atoms with Crippen molar-refractivity contribution in [3.63, 3.8) is 0 Å². The average molecular weight is 299 g/mol. The van der Waals surface area contributed by atoms with Gasteiger partial charge in [-0.2, -0.15) is 0 Å². The van der Waals surface area contributed by atoms with Crippen molar-refractivity contribution in [2.24, 2.45) is 0 Å². The van der Waals surface area contributed by atoms with Gasteiger partial charge in [0.15, 0.2) is 0 Å². The van der Waals surface area contributed by atoms with Gasteiger partial charge in [-0.15, -0.1) is 0 Å². The molecule has 0 amide bonds. The fraction of sp³-hybridized carbons (Fsp3) is 0.333. The molecule has 0 N–H and O–H groups in total. The van der Waals surface area contributed by atoms with Crippen LogP contribution in [0, 0.1) is 6.92 Å². The molecule has 1 aliphatic heterocycles. The van der Waals surface area contributed by atoms with Crippen LogP contribution in [0.15, 0.2) is 58.3 Å². The maximum atomic E-state index is 12.9. The van der Waals surface area contributed by atoms with Gasteiger partial charge in [-0.05, 0) is 50.5 Å². The van der Waals surface area contributed by atoms with Crippen molar-refractivity contribution in [3.8, 4) is 0 Å². The van der Waals surface area contributed by atoms with Crippen molar-refractivity contribution < 1.29 is 4.21 Å². The number of benzene rings is 2. The van der Waals surface area contributed by atoms with E-state index in [2.05, 4.69) is 11.0 Å². The standard InChI is InChI=1S/C18H21NOS/c1-15-9-11-16(12-10-15)21(20)18-8-4-3-7-17(18)19-13-5-2-6-14-19/h3-4,7-12H,2,5-6,13-14H2,1H3. The molecule has 0 saturated carbocycles. The van der Waals surface area contributed by atoms with Gasteiger partial charge in [0.2, 0.25) is 0 Å². The molecule has 2 aromatic rings. The van der Waals surface area contributed by atoms with E-state index >= 15 is 0 Å². The van der Waals surface area contributed by atoms with Gasteiger partial charge >= 0.3 is 0 Å². The van der Waals surface area contributed by atoms with Gasteiger partial charge in [0.25, 0.3) is 0 Å². The molecule has 2 aromatic carbocycles. The van der Waals surface area contributed by atoms with Crippen molar-refractivity contribution in [2.75, 3.05) is 18.0 Å². The van der Waals surface area contributed by atoms with Crippen molar-refractivity contribution in [1.29, 1.82) is 0 Å². The Bertz CT molecular complexity index is 630. The summed E-state index contributed by atoms with van der Waals surface area (Å²) in [4.78, 5) is 4.19. The third-order valence-electron chi connectivity index (χ3n) is 4.00. The van der Waals surface area contributed by atoms with E-state index in [1.54, 1.807) is 0 Å². The molecule has 110 valence electrons. The van der Waals surface area contributed by atoms with Crippen LogP contribution in [0.3, 0.4) is 0 Å². The first-order chi connectivity index (χ1) is 10.3. The lowest BCUT2D eigenvalue weighted by Crippen LogP contribution is -2.30. The molecule has 1 fully saturated rings. The Morgan fingerprint density at radius 3 is 2.29 bits per heavy atom. The Morgan fingerprint density at radius 1 is 0.905 bits per heavy atom.